The number of allylic oxidation sites excluding steroid dienone is 2. The van der Waals surface area contributed by atoms with Gasteiger partial charge in [-0.1, -0.05) is 84.1 Å². The number of carboxylic acid groups (broad SMARTS) is 1. The van der Waals surface area contributed by atoms with Gasteiger partial charge < -0.3 is 50.0 Å². The molecule has 89 heavy (non-hydrogen) atoms. The predicted molar refractivity (Wildman–Crippen MR) is 325 cm³/mol. The van der Waals surface area contributed by atoms with E-state index in [0.717, 1.165) is 39.4 Å². The number of nitrogens with zero attached hydrogens (tertiary/aromatic N) is 11. The van der Waals surface area contributed by atoms with Crippen molar-refractivity contribution in [1.82, 2.24) is 40.0 Å². The van der Waals surface area contributed by atoms with Gasteiger partial charge in [0, 0.05) is 126 Å². The average Bonchev–Trinajstić information content (AvgIpc) is 3.92. The fourth-order valence-electron chi connectivity index (χ4n) is 7.40. The van der Waals surface area contributed by atoms with Gasteiger partial charge in [-0.2, -0.15) is 49.7 Å². The van der Waals surface area contributed by atoms with E-state index in [1.807, 2.05) is 109 Å². The van der Waals surface area contributed by atoms with Crippen LogP contribution in [0, 0.1) is 55.3 Å². The first-order valence-corrected chi connectivity index (χ1v) is 26.5. The number of benzene rings is 4. The molecule has 3 radical (unpaired) electrons. The Kier molecular flexibility index (Phi) is 33.4. The number of aliphatic hydroxyl groups excluding tert-OH is 1. The van der Waals surface area contributed by atoms with Crippen LogP contribution in [0.5, 0.6) is 0 Å². The first-order chi connectivity index (χ1) is 41.2. The maximum Gasteiger partial charge on any atom is 3.00 e. The molecule has 7 aromatic heterocycles. The number of hydrogen-bond donors (Lipinski definition) is 2. The van der Waals surface area contributed by atoms with Gasteiger partial charge in [0.05, 0.1) is 5.76 Å². The number of thiophene rings is 1. The zero-order chi connectivity index (χ0) is 60.3. The SMILES string of the molecule is CC(=O)C=C(C)O.CN1C=CN(c2[c-]cc(F)cc2)[CH-]1.CN1[CH-]N(c2[c-]cccc2)c2ccccc21.Fc1c[c-]c(-c2ccccn2)c(F)n1.O=C(O)c1ccccn1.[Ir+3].[Ir].[Ir].[Ir].[c-]1c(-c2ccccn2)sc2ccccc12.c1ccc(-c2ccn[n-]2)nc1. The summed E-state index contributed by atoms with van der Waals surface area (Å²) in [7, 11) is 3.99. The molecule has 2 aliphatic rings. The van der Waals surface area contributed by atoms with E-state index in [2.05, 4.69) is 131 Å². The molecular weight excluding hydrogens is 1870 g/mol. The van der Waals surface area contributed by atoms with Gasteiger partial charge in [-0.15, -0.1) is 59.2 Å². The molecule has 9 heterocycles. The smallest absolute Gasteiger partial charge is 0.574 e. The molecule has 0 spiro atoms. The summed E-state index contributed by atoms with van der Waals surface area (Å²) in [6.45, 7) is 6.82. The molecule has 2 aliphatic heterocycles. The molecule has 0 unspecified atom stereocenters. The third-order valence-electron chi connectivity index (χ3n) is 11.2. The Morgan fingerprint density at radius 2 is 1.24 bits per heavy atom. The van der Waals surface area contributed by atoms with Crippen molar-refractivity contribution in [1.29, 1.82) is 0 Å². The van der Waals surface area contributed by atoms with Gasteiger partial charge >= 0.3 is 26.1 Å². The zero-order valence-corrected chi connectivity index (χ0v) is 57.9. The molecule has 0 saturated heterocycles. The van der Waals surface area contributed by atoms with E-state index >= 15 is 0 Å². The molecule has 2 N–H and O–H groups in total. The predicted octanol–water partition coefficient (Wildman–Crippen LogP) is 14.1. The van der Waals surface area contributed by atoms with Crippen molar-refractivity contribution < 1.29 is 113 Å². The van der Waals surface area contributed by atoms with Crippen LogP contribution in [0.1, 0.15) is 24.3 Å². The number of pyridine rings is 5. The van der Waals surface area contributed by atoms with Crippen molar-refractivity contribution in [3.63, 3.8) is 0 Å². The minimum atomic E-state index is -0.990. The van der Waals surface area contributed by atoms with E-state index in [1.165, 1.54) is 72.0 Å². The largest absolute Gasteiger partial charge is 3.00 e. The second kappa shape index (κ2) is 39.6. The Labute approximate surface area is 572 Å². The number of anilines is 4. The van der Waals surface area contributed by atoms with E-state index < -0.39 is 17.9 Å². The van der Waals surface area contributed by atoms with Crippen molar-refractivity contribution in [3.05, 3.63) is 292 Å². The Morgan fingerprint density at radius 3 is 1.74 bits per heavy atom. The minimum Gasteiger partial charge on any atom is -0.574 e. The number of carboxylic acids is 1. The molecule has 0 saturated carbocycles. The van der Waals surface area contributed by atoms with Crippen LogP contribution >= 0.6 is 11.3 Å². The summed E-state index contributed by atoms with van der Waals surface area (Å²) in [6, 6.07) is 65.2. The monoisotopic (exact) mass is 1920 g/mol. The third kappa shape index (κ3) is 24.4. The molecule has 0 aliphatic carbocycles. The summed E-state index contributed by atoms with van der Waals surface area (Å²) in [5, 5.41) is 25.4. The fraction of sp³-hybridized carbons (Fsp3) is 0.0606. The topological polar surface area (TPSA) is 179 Å². The quantitative estimate of drug-likeness (QED) is 0.0666. The molecule has 11 aromatic rings. The Bertz CT molecular complexity index is 3840. The van der Waals surface area contributed by atoms with Gasteiger partial charge in [0.1, 0.15) is 17.6 Å². The van der Waals surface area contributed by atoms with Crippen LogP contribution < -0.4 is 19.8 Å². The molecule has 15 nitrogen and oxygen atoms in total. The van der Waals surface area contributed by atoms with Crippen LogP contribution in [-0.4, -0.2) is 71.0 Å². The van der Waals surface area contributed by atoms with Crippen LogP contribution in [0.15, 0.2) is 231 Å². The summed E-state index contributed by atoms with van der Waals surface area (Å²) in [4.78, 5) is 48.3. The fourth-order valence-corrected chi connectivity index (χ4v) is 8.38. The average molecular weight is 1920 g/mol. The number of rotatable bonds is 7. The van der Waals surface area contributed by atoms with Gasteiger partial charge in [-0.05, 0) is 104 Å². The van der Waals surface area contributed by atoms with E-state index in [-0.39, 0.29) is 109 Å². The molecule has 0 bridgehead atoms. The number of carbonyl (C=O) groups excluding carboxylic acids is 1. The van der Waals surface area contributed by atoms with Crippen LogP contribution in [0.4, 0.5) is 35.9 Å². The molecule has 0 atom stereocenters. The van der Waals surface area contributed by atoms with Crippen molar-refractivity contribution in [2.24, 2.45) is 0 Å². The molecular formula is C66H53F3Ir4N11O4S-4. The summed E-state index contributed by atoms with van der Waals surface area (Å²) in [6.07, 6.45) is 13.2. The first-order valence-electron chi connectivity index (χ1n) is 25.7. The molecule has 4 aromatic carbocycles. The zero-order valence-electron chi connectivity index (χ0n) is 47.5. The number of aromatic nitrogens is 7. The van der Waals surface area contributed by atoms with Crippen LogP contribution in [0.25, 0.3) is 43.3 Å². The maximum atomic E-state index is 13.1. The second-order valence-corrected chi connectivity index (χ2v) is 18.7. The molecule has 0 fully saturated rings. The third-order valence-corrected chi connectivity index (χ3v) is 12.3. The number of halogens is 3. The number of carbonyl (C=O) groups is 2. The number of aliphatic hydroxyl groups is 1. The van der Waals surface area contributed by atoms with Gasteiger partial charge in [0.2, 0.25) is 0 Å². The number of hydrogen-bond acceptors (Lipinski definition) is 14. The van der Waals surface area contributed by atoms with Crippen LogP contribution in [0.3, 0.4) is 0 Å². The summed E-state index contributed by atoms with van der Waals surface area (Å²) < 4.78 is 39.4. The van der Waals surface area contributed by atoms with Crippen molar-refractivity contribution >= 4 is 55.9 Å². The number of ketones is 1. The Morgan fingerprint density at radius 1 is 0.618 bits per heavy atom. The van der Waals surface area contributed by atoms with Crippen molar-refractivity contribution in [2.75, 3.05) is 28.8 Å². The summed E-state index contributed by atoms with van der Waals surface area (Å²) >= 11 is 1.73. The molecule has 463 valence electrons. The van der Waals surface area contributed by atoms with E-state index in [4.69, 9.17) is 10.2 Å². The van der Waals surface area contributed by atoms with Crippen molar-refractivity contribution in [2.45, 2.75) is 13.8 Å². The Balaban J connectivity index is 0.000000273. The normalized spacial score (nSPS) is 11.2. The van der Waals surface area contributed by atoms with Crippen LogP contribution in [-0.2, 0) is 85.2 Å². The maximum absolute atomic E-state index is 13.1. The van der Waals surface area contributed by atoms with Gasteiger partial charge in [0.15, 0.2) is 5.78 Å². The van der Waals surface area contributed by atoms with Gasteiger partial charge in [-0.3, -0.25) is 19.2 Å². The number of para-hydroxylation sites is 3. The standard InChI is InChI=1S/C14H12N2.C13H8NS.C10H5F2N2.C10H9FN2.C8H6N3.C6H5NO2.C5H8O2.4Ir/c1-15-11-16(12-7-3-2-4-8-12)14-10-6-5-9-13(14)15;1-2-7-12-10(5-1)9-13(15-12)11-6-3-4-8-14-11;11-9-5-4-7(10(12)14-9)8-3-1-2-6-13-8;1-12-6-7-13(8-12)10-4-2-9(11)3-5-10;1-2-5-9-7(3-1)8-4-6-10-11-8;8-6(9)5-3-1-2-4-7-5;1-4(6)3-5(2)7;;;;/h2-7,9-11H,1H3;1-8H;1-3,5-6H;2-4,6-8H,1H3;1-6H;1-4H,(H,8,9);3,6H,1-2H3;;;;/q-2;2*-1;-2;-1;;;;;;+3. The van der Waals surface area contributed by atoms with E-state index in [0.29, 0.717) is 5.69 Å². The number of fused-ring (bicyclic) bond motifs is 2. The van der Waals surface area contributed by atoms with Gasteiger partial charge in [0.25, 0.3) is 0 Å². The minimum absolute atomic E-state index is 0. The van der Waals surface area contributed by atoms with E-state index in [9.17, 15) is 22.8 Å². The number of aromatic carboxylic acids is 1. The van der Waals surface area contributed by atoms with Crippen LogP contribution in [0.2, 0.25) is 0 Å². The summed E-state index contributed by atoms with van der Waals surface area (Å²) in [5.41, 5.74) is 7.56. The second-order valence-electron chi connectivity index (χ2n) is 17.6. The Hall–Kier alpha value is -8.19. The molecule has 0 amide bonds. The first kappa shape index (κ1) is 75.1. The molecule has 13 rings (SSSR count). The van der Waals surface area contributed by atoms with Gasteiger partial charge in [-0.25, -0.2) is 29.9 Å². The summed E-state index contributed by atoms with van der Waals surface area (Å²) in [5.74, 6) is -3.10. The molecule has 23 heteroatoms. The van der Waals surface area contributed by atoms with Crippen molar-refractivity contribution in [3.8, 4) is 33.2 Å². The van der Waals surface area contributed by atoms with E-state index in [1.54, 1.807) is 60.1 Å².